The first kappa shape index (κ1) is 57.7. The van der Waals surface area contributed by atoms with Crippen LogP contribution in [0.15, 0.2) is 84.9 Å². The number of hydrogen-bond acceptors (Lipinski definition) is 12. The monoisotopic (exact) mass is 999 g/mol. The van der Waals surface area contributed by atoms with Gasteiger partial charge in [0.1, 0.15) is 45.4 Å². The van der Waals surface area contributed by atoms with Crippen LogP contribution in [0.4, 0.5) is 19.2 Å². The van der Waals surface area contributed by atoms with Gasteiger partial charge in [0.05, 0.1) is 26.4 Å². The van der Waals surface area contributed by atoms with Crippen LogP contribution in [0.25, 0.3) is 33.4 Å². The molecule has 0 saturated carbocycles. The molecule has 0 saturated heterocycles. The van der Waals surface area contributed by atoms with E-state index in [2.05, 4.69) is 51.6 Å². The Bertz CT molecular complexity index is 2110. The standard InChI is InChI=1S/C56H78N4O12/c1-53(2,3)69-49(61)57-22-16-26-65-45-33-43(34-46(37-45)66-27-17-23-58-50(62)70-54(4,5)6)41-30-40(39-20-14-13-15-21-39)31-42(32-41)44-35-47(67-28-18-24-59-51(63)71-55(7,8)9)38-48(36-44)68-29-19-25-60-52(64)72-56(10,11)12/h13-15,20-21,30-38H,16-19,22-29H2,1-12H3,(H,57,61)(H,58,62)(H,59,63)(H,60,64). The molecule has 16 nitrogen and oxygen atoms in total. The van der Waals surface area contributed by atoms with Gasteiger partial charge in [0.15, 0.2) is 0 Å². The molecule has 394 valence electrons. The Kier molecular flexibility index (Phi) is 21.7. The summed E-state index contributed by atoms with van der Waals surface area (Å²) in [6, 6.07) is 27.9. The lowest BCUT2D eigenvalue weighted by Gasteiger charge is -2.19. The molecule has 0 fully saturated rings. The van der Waals surface area contributed by atoms with Crippen LogP contribution in [-0.2, 0) is 18.9 Å². The first-order valence-corrected chi connectivity index (χ1v) is 24.7. The Hall–Kier alpha value is -6.84. The van der Waals surface area contributed by atoms with Crippen LogP contribution >= 0.6 is 0 Å². The van der Waals surface area contributed by atoms with Crippen molar-refractivity contribution in [3.8, 4) is 56.4 Å². The van der Waals surface area contributed by atoms with E-state index in [-0.39, 0.29) is 0 Å². The van der Waals surface area contributed by atoms with E-state index in [4.69, 9.17) is 37.9 Å². The first-order valence-electron chi connectivity index (χ1n) is 24.7. The Labute approximate surface area is 426 Å². The summed E-state index contributed by atoms with van der Waals surface area (Å²) in [5, 5.41) is 11.1. The van der Waals surface area contributed by atoms with Crippen molar-refractivity contribution in [2.24, 2.45) is 0 Å². The van der Waals surface area contributed by atoms with Crippen molar-refractivity contribution in [2.45, 2.75) is 131 Å². The summed E-state index contributed by atoms with van der Waals surface area (Å²) < 4.78 is 46.7. The number of carbonyl (C=O) groups excluding carboxylic acids is 4. The fraction of sp³-hybridized carbons (Fsp3) is 0.500. The van der Waals surface area contributed by atoms with E-state index in [1.165, 1.54) is 0 Å². The number of carbonyl (C=O) groups is 4. The molecule has 4 rings (SSSR count). The van der Waals surface area contributed by atoms with Gasteiger partial charge in [-0.25, -0.2) is 19.2 Å². The van der Waals surface area contributed by atoms with E-state index < -0.39 is 46.8 Å². The zero-order chi connectivity index (χ0) is 53.0. The van der Waals surface area contributed by atoms with Gasteiger partial charge >= 0.3 is 24.4 Å². The van der Waals surface area contributed by atoms with E-state index in [9.17, 15) is 19.2 Å². The van der Waals surface area contributed by atoms with Gasteiger partial charge in [-0.3, -0.25) is 0 Å². The number of ether oxygens (including phenoxy) is 8. The highest BCUT2D eigenvalue weighted by Crippen LogP contribution is 2.38. The molecular weight excluding hydrogens is 921 g/mol. The largest absolute Gasteiger partial charge is 0.493 e. The summed E-state index contributed by atoms with van der Waals surface area (Å²) in [4.78, 5) is 49.1. The highest BCUT2D eigenvalue weighted by molar-refractivity contribution is 5.83. The topological polar surface area (TPSA) is 190 Å². The number of nitrogens with one attached hydrogen (secondary N) is 4. The smallest absolute Gasteiger partial charge is 0.407 e. The molecule has 0 heterocycles. The molecular formula is C56H78N4O12. The first-order chi connectivity index (χ1) is 33.8. The molecule has 4 N–H and O–H groups in total. The molecule has 0 atom stereocenters. The summed E-state index contributed by atoms with van der Waals surface area (Å²) in [6.45, 7) is 24.4. The van der Waals surface area contributed by atoms with E-state index >= 15 is 0 Å². The molecule has 16 heteroatoms. The molecule has 0 spiro atoms. The van der Waals surface area contributed by atoms with Crippen LogP contribution in [0.5, 0.6) is 23.0 Å². The summed E-state index contributed by atoms with van der Waals surface area (Å²) in [7, 11) is 0. The molecule has 0 aromatic heterocycles. The van der Waals surface area contributed by atoms with E-state index in [0.29, 0.717) is 101 Å². The maximum Gasteiger partial charge on any atom is 0.407 e. The minimum atomic E-state index is -0.611. The molecule has 0 aliphatic heterocycles. The van der Waals surface area contributed by atoms with Gasteiger partial charge in [-0.2, -0.15) is 0 Å². The van der Waals surface area contributed by atoms with Gasteiger partial charge in [-0.05, 0) is 185 Å². The number of rotatable bonds is 23. The predicted octanol–water partition coefficient (Wildman–Crippen LogP) is 11.9. The van der Waals surface area contributed by atoms with Gasteiger partial charge in [0, 0.05) is 38.3 Å². The average molecular weight is 999 g/mol. The Morgan fingerprint density at radius 1 is 0.333 bits per heavy atom. The van der Waals surface area contributed by atoms with Gasteiger partial charge in [0.25, 0.3) is 0 Å². The fourth-order valence-electron chi connectivity index (χ4n) is 6.64. The third-order valence-electron chi connectivity index (χ3n) is 9.50. The van der Waals surface area contributed by atoms with Crippen LogP contribution in [0.1, 0.15) is 109 Å². The molecule has 0 unspecified atom stereocenters. The van der Waals surface area contributed by atoms with Gasteiger partial charge in [-0.1, -0.05) is 30.3 Å². The minimum Gasteiger partial charge on any atom is -0.493 e. The third kappa shape index (κ3) is 23.8. The zero-order valence-corrected chi connectivity index (χ0v) is 44.5. The second-order valence-corrected chi connectivity index (χ2v) is 21.1. The lowest BCUT2D eigenvalue weighted by Crippen LogP contribution is -2.33. The van der Waals surface area contributed by atoms with Crippen LogP contribution in [-0.4, -0.2) is 99.4 Å². The highest BCUT2D eigenvalue weighted by atomic mass is 16.6. The van der Waals surface area contributed by atoms with Crippen molar-refractivity contribution in [1.29, 1.82) is 0 Å². The minimum absolute atomic E-state index is 0.303. The Morgan fingerprint density at radius 2 is 0.569 bits per heavy atom. The maximum absolute atomic E-state index is 12.3. The van der Waals surface area contributed by atoms with Gasteiger partial charge < -0.3 is 59.2 Å². The van der Waals surface area contributed by atoms with Crippen LogP contribution < -0.4 is 40.2 Å². The summed E-state index contributed by atoms with van der Waals surface area (Å²) in [6.07, 6.45) is 0.107. The molecule has 0 aliphatic carbocycles. The second-order valence-electron chi connectivity index (χ2n) is 21.1. The van der Waals surface area contributed by atoms with E-state index in [1.54, 1.807) is 0 Å². The SMILES string of the molecule is CC(C)(C)OC(=O)NCCCOc1cc(OCCCNC(=O)OC(C)(C)C)cc(-c2cc(-c3ccccc3)cc(-c3cc(OCCCNC(=O)OC(C)(C)C)cc(OCCCNC(=O)OC(C)(C)C)c3)c2)c1. The Morgan fingerprint density at radius 3 is 0.819 bits per heavy atom. The second kappa shape index (κ2) is 27.1. The van der Waals surface area contributed by atoms with Crippen molar-refractivity contribution < 1.29 is 57.1 Å². The molecule has 4 aromatic carbocycles. The van der Waals surface area contributed by atoms with E-state index in [0.717, 1.165) is 33.4 Å². The number of alkyl carbamates (subject to hydrolysis) is 4. The maximum atomic E-state index is 12.3. The van der Waals surface area contributed by atoms with Crippen molar-refractivity contribution in [3.05, 3.63) is 84.9 Å². The number of hydrogen-bond donors (Lipinski definition) is 4. The molecule has 0 radical (unpaired) electrons. The fourth-order valence-corrected chi connectivity index (χ4v) is 6.64. The lowest BCUT2D eigenvalue weighted by atomic mass is 9.93. The van der Waals surface area contributed by atoms with Crippen LogP contribution in [0.3, 0.4) is 0 Å². The quantitative estimate of drug-likeness (QED) is 0.0407. The summed E-state index contributed by atoms with van der Waals surface area (Å²) in [5.41, 5.74) is 2.89. The van der Waals surface area contributed by atoms with Crippen molar-refractivity contribution in [1.82, 2.24) is 21.3 Å². The summed E-state index contributed by atoms with van der Waals surface area (Å²) >= 11 is 0. The molecule has 0 bridgehead atoms. The lowest BCUT2D eigenvalue weighted by molar-refractivity contribution is 0.0513. The molecule has 72 heavy (non-hydrogen) atoms. The molecule has 0 aliphatic rings. The zero-order valence-electron chi connectivity index (χ0n) is 44.5. The van der Waals surface area contributed by atoms with Crippen LogP contribution in [0, 0.1) is 0 Å². The van der Waals surface area contributed by atoms with E-state index in [1.807, 2.05) is 138 Å². The third-order valence-corrected chi connectivity index (χ3v) is 9.50. The normalized spacial score (nSPS) is 11.7. The highest BCUT2D eigenvalue weighted by Gasteiger charge is 2.19. The van der Waals surface area contributed by atoms with Crippen molar-refractivity contribution >= 4 is 24.4 Å². The van der Waals surface area contributed by atoms with Gasteiger partial charge in [0.2, 0.25) is 0 Å². The van der Waals surface area contributed by atoms with Crippen molar-refractivity contribution in [3.63, 3.8) is 0 Å². The van der Waals surface area contributed by atoms with Crippen molar-refractivity contribution in [2.75, 3.05) is 52.6 Å². The Balaban J connectivity index is 1.67. The predicted molar refractivity (Wildman–Crippen MR) is 280 cm³/mol. The molecule has 4 aromatic rings. The average Bonchev–Trinajstić information content (AvgIpc) is 3.26. The summed E-state index contributed by atoms with van der Waals surface area (Å²) in [5.74, 6) is 2.25. The number of amides is 4. The van der Waals surface area contributed by atoms with Crippen LogP contribution in [0.2, 0.25) is 0 Å². The molecule has 4 amide bonds. The van der Waals surface area contributed by atoms with Gasteiger partial charge in [-0.15, -0.1) is 0 Å². The number of benzene rings is 4.